The van der Waals surface area contributed by atoms with Crippen molar-refractivity contribution in [1.82, 2.24) is 10.3 Å². The number of aromatic nitrogens is 1. The van der Waals surface area contributed by atoms with Gasteiger partial charge in [0.15, 0.2) is 5.58 Å². The van der Waals surface area contributed by atoms with Gasteiger partial charge in [-0.05, 0) is 61.4 Å². The standard InChI is InChI=1S/C24H32N4O2.C2HF3O2/c1-16(2)13-21(27-23(29)19(26)9-6-12-25)24-28-20-15-18(10-11-22(20)30-24)14-17-7-4-3-5-8-17;3-2(4,5)1(6)7/h3-5,7-8,10-11,15-16,19,21H,6,9,12-14,25-26H2,1-2H3,(H,27,29);(H,6,7)/t19-,21-;/m1./s1. The highest BCUT2D eigenvalue weighted by molar-refractivity contribution is 5.82. The van der Waals surface area contributed by atoms with Crippen LogP contribution in [0.1, 0.15) is 56.2 Å². The predicted octanol–water partition coefficient (Wildman–Crippen LogP) is 4.32. The highest BCUT2D eigenvalue weighted by Crippen LogP contribution is 2.26. The van der Waals surface area contributed by atoms with Crippen LogP contribution >= 0.6 is 0 Å². The molecule has 0 spiro atoms. The average molecular weight is 523 g/mol. The van der Waals surface area contributed by atoms with Gasteiger partial charge in [-0.15, -0.1) is 0 Å². The van der Waals surface area contributed by atoms with Crippen molar-refractivity contribution < 1.29 is 32.3 Å². The number of nitrogens with zero attached hydrogens (tertiary/aromatic N) is 1. The summed E-state index contributed by atoms with van der Waals surface area (Å²) in [7, 11) is 0. The minimum atomic E-state index is -5.08. The molecule has 0 saturated carbocycles. The van der Waals surface area contributed by atoms with Gasteiger partial charge in [-0.1, -0.05) is 50.2 Å². The Morgan fingerprint density at radius 1 is 1.11 bits per heavy atom. The second kappa shape index (κ2) is 13.8. The Bertz CT molecular complexity index is 1150. The molecule has 37 heavy (non-hydrogen) atoms. The Balaban J connectivity index is 0.000000604. The zero-order chi connectivity index (χ0) is 27.6. The average Bonchev–Trinajstić information content (AvgIpc) is 3.25. The number of hydrogen-bond acceptors (Lipinski definition) is 6. The summed E-state index contributed by atoms with van der Waals surface area (Å²) in [5.41, 5.74) is 15.5. The number of carbonyl (C=O) groups is 2. The first-order valence-electron chi connectivity index (χ1n) is 11.9. The van der Waals surface area contributed by atoms with Gasteiger partial charge in [0.05, 0.1) is 6.04 Å². The van der Waals surface area contributed by atoms with Crippen LogP contribution in [0.5, 0.6) is 0 Å². The maximum absolute atomic E-state index is 12.5. The lowest BCUT2D eigenvalue weighted by Gasteiger charge is -2.20. The predicted molar refractivity (Wildman–Crippen MR) is 134 cm³/mol. The number of oxazole rings is 1. The SMILES string of the molecule is CC(C)C[C@@H](NC(=O)[C@H](N)CCCN)c1nc2cc(Cc3ccccc3)ccc2o1.O=C(O)C(F)(F)F. The van der Waals surface area contributed by atoms with Crippen LogP contribution in [0.2, 0.25) is 0 Å². The maximum Gasteiger partial charge on any atom is 0.490 e. The van der Waals surface area contributed by atoms with E-state index in [0.29, 0.717) is 24.8 Å². The molecule has 11 heteroatoms. The summed E-state index contributed by atoms with van der Waals surface area (Å²) in [6, 6.07) is 15.5. The number of nitrogens with one attached hydrogen (secondary N) is 1. The molecule has 0 aliphatic heterocycles. The van der Waals surface area contributed by atoms with Crippen molar-refractivity contribution in [3.05, 3.63) is 65.5 Å². The van der Waals surface area contributed by atoms with Crippen molar-refractivity contribution in [2.24, 2.45) is 17.4 Å². The first-order valence-corrected chi connectivity index (χ1v) is 11.9. The number of hydrogen-bond donors (Lipinski definition) is 4. The molecule has 202 valence electrons. The van der Waals surface area contributed by atoms with Crippen LogP contribution in [0, 0.1) is 5.92 Å². The minimum Gasteiger partial charge on any atom is -0.475 e. The van der Waals surface area contributed by atoms with E-state index in [-0.39, 0.29) is 11.9 Å². The quantitative estimate of drug-likeness (QED) is 0.310. The Morgan fingerprint density at radius 3 is 2.32 bits per heavy atom. The highest BCUT2D eigenvalue weighted by Gasteiger charge is 2.38. The van der Waals surface area contributed by atoms with E-state index in [2.05, 4.69) is 43.4 Å². The van der Waals surface area contributed by atoms with Crippen molar-refractivity contribution in [3.63, 3.8) is 0 Å². The lowest BCUT2D eigenvalue weighted by Crippen LogP contribution is -2.42. The fourth-order valence-electron chi connectivity index (χ4n) is 3.52. The summed E-state index contributed by atoms with van der Waals surface area (Å²) in [6.07, 6.45) is -2.25. The number of fused-ring (bicyclic) bond motifs is 1. The maximum atomic E-state index is 12.5. The third-order valence-corrected chi connectivity index (χ3v) is 5.34. The van der Waals surface area contributed by atoms with Gasteiger partial charge < -0.3 is 26.3 Å². The highest BCUT2D eigenvalue weighted by atomic mass is 19.4. The molecule has 0 saturated heterocycles. The molecule has 2 atom stereocenters. The van der Waals surface area contributed by atoms with E-state index < -0.39 is 18.2 Å². The van der Waals surface area contributed by atoms with Crippen LogP contribution in [0.3, 0.4) is 0 Å². The minimum absolute atomic E-state index is 0.193. The molecule has 6 N–H and O–H groups in total. The molecule has 0 aliphatic carbocycles. The lowest BCUT2D eigenvalue weighted by molar-refractivity contribution is -0.192. The number of halogens is 3. The summed E-state index contributed by atoms with van der Waals surface area (Å²) >= 11 is 0. The zero-order valence-electron chi connectivity index (χ0n) is 20.8. The van der Waals surface area contributed by atoms with Gasteiger partial charge in [0, 0.05) is 0 Å². The monoisotopic (exact) mass is 522 g/mol. The van der Waals surface area contributed by atoms with E-state index in [0.717, 1.165) is 30.4 Å². The largest absolute Gasteiger partial charge is 0.490 e. The van der Waals surface area contributed by atoms with Crippen LogP contribution < -0.4 is 16.8 Å². The number of alkyl halides is 3. The van der Waals surface area contributed by atoms with Crippen LogP contribution in [-0.4, -0.2) is 40.7 Å². The molecule has 1 amide bonds. The molecular weight excluding hydrogens is 489 g/mol. The molecule has 3 aromatic rings. The molecule has 2 aromatic carbocycles. The number of carboxylic acid groups (broad SMARTS) is 1. The molecule has 0 bridgehead atoms. The fraction of sp³-hybridized carbons (Fsp3) is 0.423. The van der Waals surface area contributed by atoms with E-state index in [1.807, 2.05) is 24.3 Å². The lowest BCUT2D eigenvalue weighted by atomic mass is 10.0. The van der Waals surface area contributed by atoms with Gasteiger partial charge in [-0.25, -0.2) is 9.78 Å². The fourth-order valence-corrected chi connectivity index (χ4v) is 3.52. The van der Waals surface area contributed by atoms with E-state index >= 15 is 0 Å². The van der Waals surface area contributed by atoms with Crippen molar-refractivity contribution >= 4 is 23.0 Å². The van der Waals surface area contributed by atoms with Gasteiger partial charge in [-0.2, -0.15) is 13.2 Å². The Hall–Kier alpha value is -3.44. The normalized spacial score (nSPS) is 13.1. The van der Waals surface area contributed by atoms with Gasteiger partial charge >= 0.3 is 12.1 Å². The molecule has 0 unspecified atom stereocenters. The summed E-state index contributed by atoms with van der Waals surface area (Å²) < 4.78 is 37.7. The zero-order valence-corrected chi connectivity index (χ0v) is 20.8. The van der Waals surface area contributed by atoms with Crippen LogP contribution in [0.4, 0.5) is 13.2 Å². The van der Waals surface area contributed by atoms with E-state index in [1.54, 1.807) is 0 Å². The molecule has 8 nitrogen and oxygen atoms in total. The number of nitrogens with two attached hydrogens (primary N) is 2. The number of benzene rings is 2. The Labute approximate surface area is 213 Å². The van der Waals surface area contributed by atoms with Crippen molar-refractivity contribution in [1.29, 1.82) is 0 Å². The van der Waals surface area contributed by atoms with Gasteiger partial charge in [0.25, 0.3) is 0 Å². The van der Waals surface area contributed by atoms with Gasteiger partial charge in [0.1, 0.15) is 11.6 Å². The Morgan fingerprint density at radius 2 is 1.76 bits per heavy atom. The topological polar surface area (TPSA) is 144 Å². The number of aliphatic carboxylic acids is 1. The number of rotatable bonds is 10. The molecular formula is C26H33F3N4O4. The third-order valence-electron chi connectivity index (χ3n) is 5.34. The van der Waals surface area contributed by atoms with Crippen molar-refractivity contribution in [2.45, 2.75) is 57.8 Å². The molecule has 3 rings (SSSR count). The number of amides is 1. The third kappa shape index (κ3) is 9.85. The summed E-state index contributed by atoms with van der Waals surface area (Å²) in [6.45, 7) is 4.73. The smallest absolute Gasteiger partial charge is 0.475 e. The molecule has 0 fully saturated rings. The Kier molecular flexibility index (Phi) is 11.1. The summed E-state index contributed by atoms with van der Waals surface area (Å²) in [5, 5.41) is 10.2. The van der Waals surface area contributed by atoms with Crippen molar-refractivity contribution in [2.75, 3.05) is 6.54 Å². The molecule has 0 radical (unpaired) electrons. The van der Waals surface area contributed by atoms with Crippen LogP contribution in [-0.2, 0) is 16.0 Å². The number of carboxylic acids is 1. The van der Waals surface area contributed by atoms with Gasteiger partial charge in [0.2, 0.25) is 11.8 Å². The molecule has 1 aromatic heterocycles. The van der Waals surface area contributed by atoms with E-state index in [9.17, 15) is 18.0 Å². The van der Waals surface area contributed by atoms with E-state index in [1.165, 1.54) is 11.1 Å². The van der Waals surface area contributed by atoms with Crippen LogP contribution in [0.25, 0.3) is 11.1 Å². The first-order chi connectivity index (χ1) is 17.4. The molecule has 0 aliphatic rings. The number of carbonyl (C=O) groups excluding carboxylic acids is 1. The van der Waals surface area contributed by atoms with Gasteiger partial charge in [-0.3, -0.25) is 4.79 Å². The van der Waals surface area contributed by atoms with Crippen molar-refractivity contribution in [3.8, 4) is 0 Å². The van der Waals surface area contributed by atoms with Crippen LogP contribution in [0.15, 0.2) is 52.9 Å². The summed E-state index contributed by atoms with van der Waals surface area (Å²) in [5.74, 6) is -2.07. The summed E-state index contributed by atoms with van der Waals surface area (Å²) in [4.78, 5) is 26.1. The van der Waals surface area contributed by atoms with E-state index in [4.69, 9.17) is 30.8 Å². The second-order valence-electron chi connectivity index (χ2n) is 9.05. The second-order valence-corrected chi connectivity index (χ2v) is 9.05. The first kappa shape index (κ1) is 29.8. The molecule has 1 heterocycles.